The molecule has 2 bridgehead atoms. The van der Waals surface area contributed by atoms with Crippen molar-refractivity contribution in [3.63, 3.8) is 0 Å². The van der Waals surface area contributed by atoms with Crippen LogP contribution in [0.4, 0.5) is 0 Å². The zero-order valence-electron chi connectivity index (χ0n) is 8.91. The predicted octanol–water partition coefficient (Wildman–Crippen LogP) is 2.92. The molecule has 0 aromatic carbocycles. The minimum Gasteiger partial charge on any atom is -0.481 e. The van der Waals surface area contributed by atoms with Crippen molar-refractivity contribution in [2.75, 3.05) is 0 Å². The molecule has 80 valence electrons. The van der Waals surface area contributed by atoms with Gasteiger partial charge in [0.05, 0.1) is 0 Å². The Morgan fingerprint density at radius 3 is 2.36 bits per heavy atom. The molecule has 2 heteroatoms. The molecule has 0 aliphatic heterocycles. The van der Waals surface area contributed by atoms with Gasteiger partial charge in [0.1, 0.15) is 0 Å². The van der Waals surface area contributed by atoms with Gasteiger partial charge in [-0.05, 0) is 55.8 Å². The summed E-state index contributed by atoms with van der Waals surface area (Å²) in [5.74, 6) is 2.70. The monoisotopic (exact) mass is 196 g/mol. The summed E-state index contributed by atoms with van der Waals surface area (Å²) in [4.78, 5) is 10.5. The first kappa shape index (κ1) is 10.0. The van der Waals surface area contributed by atoms with Crippen LogP contribution >= 0.6 is 0 Å². The molecule has 2 atom stereocenters. The lowest BCUT2D eigenvalue weighted by Gasteiger charge is -2.33. The van der Waals surface area contributed by atoms with Gasteiger partial charge in [-0.2, -0.15) is 0 Å². The van der Waals surface area contributed by atoms with E-state index in [0.29, 0.717) is 6.42 Å². The van der Waals surface area contributed by atoms with Crippen LogP contribution in [-0.2, 0) is 4.79 Å². The van der Waals surface area contributed by atoms with Crippen LogP contribution in [0.1, 0.15) is 45.4 Å². The molecule has 2 unspecified atom stereocenters. The number of rotatable bonds is 3. The Morgan fingerprint density at radius 1 is 1.29 bits per heavy atom. The summed E-state index contributed by atoms with van der Waals surface area (Å²) in [6.45, 7) is 2.35. The summed E-state index contributed by atoms with van der Waals surface area (Å²) in [5, 5.41) is 8.69. The second-order valence-corrected chi connectivity index (χ2v) is 5.27. The quantitative estimate of drug-likeness (QED) is 0.753. The van der Waals surface area contributed by atoms with Gasteiger partial charge >= 0.3 is 5.97 Å². The Kier molecular flexibility index (Phi) is 2.80. The molecule has 0 aromatic heterocycles. The van der Waals surface area contributed by atoms with Gasteiger partial charge in [-0.25, -0.2) is 0 Å². The fourth-order valence-corrected chi connectivity index (χ4v) is 3.72. The molecule has 14 heavy (non-hydrogen) atoms. The first-order valence-corrected chi connectivity index (χ1v) is 5.88. The average Bonchev–Trinajstić information content (AvgIpc) is 2.34. The summed E-state index contributed by atoms with van der Waals surface area (Å²) in [5.41, 5.74) is 0. The largest absolute Gasteiger partial charge is 0.481 e. The van der Waals surface area contributed by atoms with Gasteiger partial charge in [-0.15, -0.1) is 0 Å². The van der Waals surface area contributed by atoms with Gasteiger partial charge in [0.2, 0.25) is 0 Å². The third-order valence-electron chi connectivity index (χ3n) is 4.22. The van der Waals surface area contributed by atoms with Crippen molar-refractivity contribution in [2.24, 2.45) is 23.7 Å². The molecule has 0 amide bonds. The van der Waals surface area contributed by atoms with Crippen molar-refractivity contribution in [2.45, 2.75) is 45.4 Å². The van der Waals surface area contributed by atoms with Gasteiger partial charge in [0.15, 0.2) is 0 Å². The minimum atomic E-state index is -0.622. The average molecular weight is 196 g/mol. The first-order valence-electron chi connectivity index (χ1n) is 5.88. The van der Waals surface area contributed by atoms with Crippen LogP contribution in [0, 0.1) is 23.7 Å². The van der Waals surface area contributed by atoms with E-state index in [9.17, 15) is 4.79 Å². The smallest absolute Gasteiger partial charge is 0.303 e. The van der Waals surface area contributed by atoms with E-state index in [-0.39, 0.29) is 0 Å². The Hall–Kier alpha value is -0.530. The highest BCUT2D eigenvalue weighted by Crippen LogP contribution is 2.50. The lowest BCUT2D eigenvalue weighted by Crippen LogP contribution is -2.25. The van der Waals surface area contributed by atoms with E-state index in [0.717, 1.165) is 30.1 Å². The van der Waals surface area contributed by atoms with E-state index < -0.39 is 5.97 Å². The lowest BCUT2D eigenvalue weighted by atomic mass is 9.72. The molecule has 2 fully saturated rings. The van der Waals surface area contributed by atoms with Crippen LogP contribution in [0.25, 0.3) is 0 Å². The summed E-state index contributed by atoms with van der Waals surface area (Å²) in [6, 6.07) is 0. The standard InChI is InChI=1S/C12H20O2/c1-8-6-9-2-3-10(7-8)11(9)4-5-12(13)14/h8-11H,2-7H2,1H3,(H,13,14). The number of carboxylic acid groups (broad SMARTS) is 1. The van der Waals surface area contributed by atoms with Gasteiger partial charge in [-0.3, -0.25) is 4.79 Å². The van der Waals surface area contributed by atoms with Gasteiger partial charge in [-0.1, -0.05) is 6.92 Å². The van der Waals surface area contributed by atoms with E-state index >= 15 is 0 Å². The molecule has 0 aromatic rings. The number of carbonyl (C=O) groups is 1. The number of fused-ring (bicyclic) bond motifs is 2. The summed E-state index contributed by atoms with van der Waals surface area (Å²) < 4.78 is 0. The Bertz CT molecular complexity index is 210. The predicted molar refractivity (Wildman–Crippen MR) is 55.0 cm³/mol. The molecule has 0 heterocycles. The van der Waals surface area contributed by atoms with Crippen LogP contribution in [0.5, 0.6) is 0 Å². The van der Waals surface area contributed by atoms with E-state index in [1.807, 2.05) is 0 Å². The van der Waals surface area contributed by atoms with Crippen molar-refractivity contribution in [1.29, 1.82) is 0 Å². The van der Waals surface area contributed by atoms with Crippen LogP contribution in [0.2, 0.25) is 0 Å². The van der Waals surface area contributed by atoms with Gasteiger partial charge in [0, 0.05) is 6.42 Å². The Morgan fingerprint density at radius 2 is 1.86 bits per heavy atom. The Labute approximate surface area is 85.7 Å². The normalized spacial score (nSPS) is 41.2. The highest BCUT2D eigenvalue weighted by atomic mass is 16.4. The van der Waals surface area contributed by atoms with E-state index in [4.69, 9.17) is 5.11 Å². The maximum absolute atomic E-state index is 10.5. The van der Waals surface area contributed by atoms with Crippen LogP contribution < -0.4 is 0 Å². The third-order valence-corrected chi connectivity index (χ3v) is 4.22. The highest BCUT2D eigenvalue weighted by molar-refractivity contribution is 5.66. The molecular weight excluding hydrogens is 176 g/mol. The van der Waals surface area contributed by atoms with Gasteiger partial charge < -0.3 is 5.11 Å². The molecule has 2 aliphatic rings. The highest BCUT2D eigenvalue weighted by Gasteiger charge is 2.40. The number of aliphatic carboxylic acids is 1. The van der Waals surface area contributed by atoms with E-state index in [1.54, 1.807) is 0 Å². The Balaban J connectivity index is 1.90. The van der Waals surface area contributed by atoms with E-state index in [2.05, 4.69) is 6.92 Å². The van der Waals surface area contributed by atoms with Crippen molar-refractivity contribution >= 4 is 5.97 Å². The molecule has 2 rings (SSSR count). The summed E-state index contributed by atoms with van der Waals surface area (Å²) in [6.07, 6.45) is 6.73. The fraction of sp³-hybridized carbons (Fsp3) is 0.917. The third kappa shape index (κ3) is 1.94. The van der Waals surface area contributed by atoms with Crippen molar-refractivity contribution < 1.29 is 9.90 Å². The number of carboxylic acids is 1. The molecule has 2 nitrogen and oxygen atoms in total. The zero-order valence-corrected chi connectivity index (χ0v) is 8.91. The van der Waals surface area contributed by atoms with Crippen molar-refractivity contribution in [1.82, 2.24) is 0 Å². The molecule has 0 saturated heterocycles. The van der Waals surface area contributed by atoms with Crippen LogP contribution in [-0.4, -0.2) is 11.1 Å². The van der Waals surface area contributed by atoms with Crippen molar-refractivity contribution in [3.8, 4) is 0 Å². The van der Waals surface area contributed by atoms with Crippen LogP contribution in [0.3, 0.4) is 0 Å². The van der Waals surface area contributed by atoms with Crippen LogP contribution in [0.15, 0.2) is 0 Å². The zero-order chi connectivity index (χ0) is 10.1. The van der Waals surface area contributed by atoms with Gasteiger partial charge in [0.25, 0.3) is 0 Å². The molecule has 2 saturated carbocycles. The SMILES string of the molecule is CC1CC2CCC(C1)C2CCC(=O)O. The van der Waals surface area contributed by atoms with Crippen molar-refractivity contribution in [3.05, 3.63) is 0 Å². The number of hydrogen-bond acceptors (Lipinski definition) is 1. The summed E-state index contributed by atoms with van der Waals surface area (Å²) in [7, 11) is 0. The molecule has 2 aliphatic carbocycles. The molecule has 0 spiro atoms. The summed E-state index contributed by atoms with van der Waals surface area (Å²) >= 11 is 0. The molecule has 0 radical (unpaired) electrons. The maximum atomic E-state index is 10.5. The number of hydrogen-bond donors (Lipinski definition) is 1. The lowest BCUT2D eigenvalue weighted by molar-refractivity contribution is -0.137. The van der Waals surface area contributed by atoms with E-state index in [1.165, 1.54) is 25.7 Å². The molecule has 1 N–H and O–H groups in total. The second-order valence-electron chi connectivity index (χ2n) is 5.27. The second kappa shape index (κ2) is 3.92. The first-order chi connectivity index (χ1) is 6.66. The topological polar surface area (TPSA) is 37.3 Å². The fourth-order valence-electron chi connectivity index (χ4n) is 3.72. The minimum absolute atomic E-state index is 0.381. The molecular formula is C12H20O2. The maximum Gasteiger partial charge on any atom is 0.303 e.